The summed E-state index contributed by atoms with van der Waals surface area (Å²) in [5, 5.41) is 0. The lowest BCUT2D eigenvalue weighted by molar-refractivity contribution is -0.477. The van der Waals surface area contributed by atoms with E-state index < -0.39 is 65.2 Å². The maximum atomic E-state index is 12.8. The average Bonchev–Trinajstić information content (AvgIpc) is 2.63. The summed E-state index contributed by atoms with van der Waals surface area (Å²) in [4.78, 5) is 23.1. The highest BCUT2D eigenvalue weighted by molar-refractivity contribution is 7.86. The molecule has 3 unspecified atom stereocenters. The zero-order valence-electron chi connectivity index (χ0n) is 15.8. The van der Waals surface area contributed by atoms with Crippen LogP contribution in [0.2, 0.25) is 0 Å². The lowest BCUT2D eigenvalue weighted by Gasteiger charge is -2.57. The molecule has 10 nitrogen and oxygen atoms in total. The molecular weight excluding hydrogens is 408 g/mol. The third-order valence-electron chi connectivity index (χ3n) is 4.90. The van der Waals surface area contributed by atoms with Gasteiger partial charge in [0.1, 0.15) is 24.4 Å². The summed E-state index contributed by atoms with van der Waals surface area (Å²) in [7, 11) is -4.21. The third kappa shape index (κ3) is 3.76. The highest BCUT2D eigenvalue weighted by atomic mass is 32.2. The Hall–Kier alpha value is -2.05. The van der Waals surface area contributed by atoms with E-state index in [1.54, 1.807) is 12.1 Å². The van der Waals surface area contributed by atoms with Crippen molar-refractivity contribution in [3.8, 4) is 0 Å². The Balaban J connectivity index is 1.67. The van der Waals surface area contributed by atoms with Gasteiger partial charge in [0.05, 0.1) is 4.90 Å². The van der Waals surface area contributed by atoms with E-state index in [4.69, 9.17) is 27.9 Å². The van der Waals surface area contributed by atoms with Crippen molar-refractivity contribution in [1.82, 2.24) is 0 Å². The van der Waals surface area contributed by atoms with E-state index >= 15 is 0 Å². The first-order valence-electron chi connectivity index (χ1n) is 8.96. The van der Waals surface area contributed by atoms with Crippen molar-refractivity contribution in [3.63, 3.8) is 0 Å². The van der Waals surface area contributed by atoms with Gasteiger partial charge in [0, 0.05) is 13.8 Å². The molecule has 1 saturated carbocycles. The molecule has 11 heteroatoms. The summed E-state index contributed by atoms with van der Waals surface area (Å²) in [6, 6.07) is 6.10. The minimum Gasteiger partial charge on any atom is -0.457 e. The highest BCUT2D eigenvalue weighted by Gasteiger charge is 2.66. The zero-order chi connectivity index (χ0) is 20.9. The topological polar surface area (TPSA) is 124 Å². The molecule has 1 aromatic rings. The van der Waals surface area contributed by atoms with Gasteiger partial charge >= 0.3 is 11.9 Å². The molecular formula is C18H20O10S. The highest BCUT2D eigenvalue weighted by Crippen LogP contribution is 2.44. The Morgan fingerprint density at radius 3 is 1.72 bits per heavy atom. The number of ether oxygens (including phenoxy) is 5. The summed E-state index contributed by atoms with van der Waals surface area (Å²) in [6.45, 7) is 3.11. The normalized spacial score (nSPS) is 35.3. The van der Waals surface area contributed by atoms with Crippen LogP contribution >= 0.6 is 0 Å². The number of carbonyl (C=O) groups excluding carboxylic acids is 2. The van der Waals surface area contributed by atoms with Crippen molar-refractivity contribution in [3.05, 3.63) is 29.8 Å². The maximum Gasteiger partial charge on any atom is 0.303 e. The van der Waals surface area contributed by atoms with E-state index in [0.29, 0.717) is 0 Å². The summed E-state index contributed by atoms with van der Waals surface area (Å²) in [5.74, 6) is -1.25. The SMILES string of the molecule is CC(=O)O[C@@H]1C2OC3O[C@@H]1C(OS(=O)(=O)c1ccc(C)cc1)[C@H](O3)[C@H]2OC(C)=O. The summed E-state index contributed by atoms with van der Waals surface area (Å²) >= 11 is 0. The van der Waals surface area contributed by atoms with Crippen molar-refractivity contribution in [2.75, 3.05) is 0 Å². The molecule has 0 N–H and O–H groups in total. The van der Waals surface area contributed by atoms with Crippen molar-refractivity contribution >= 4 is 22.1 Å². The number of hydrogen-bond donors (Lipinski definition) is 0. The molecule has 1 aromatic carbocycles. The van der Waals surface area contributed by atoms with Gasteiger partial charge in [-0.1, -0.05) is 17.7 Å². The number of hydrogen-bond acceptors (Lipinski definition) is 10. The standard InChI is InChI=1S/C18H20O10S/c1-8-4-6-11(7-5-8)29(21,22)28-17-15-12(23-9(2)19)14-13(24-10(3)20)16(17)27-18(25-14)26-15/h4-7,12-18H,1-3H3/t12-,13+,14?,15+,16-,17?,18?. The van der Waals surface area contributed by atoms with E-state index in [2.05, 4.69) is 0 Å². The monoisotopic (exact) mass is 428 g/mol. The number of aryl methyl sites for hydroxylation is 1. The lowest BCUT2D eigenvalue weighted by atomic mass is 9.82. The van der Waals surface area contributed by atoms with E-state index in [-0.39, 0.29) is 4.90 Å². The van der Waals surface area contributed by atoms with Crippen LogP contribution < -0.4 is 0 Å². The van der Waals surface area contributed by atoms with Crippen LogP contribution in [-0.2, 0) is 47.6 Å². The van der Waals surface area contributed by atoms with Crippen LogP contribution in [0.5, 0.6) is 0 Å². The molecule has 5 rings (SSSR count). The number of esters is 2. The Morgan fingerprint density at radius 2 is 1.28 bits per heavy atom. The first-order chi connectivity index (χ1) is 13.7. The van der Waals surface area contributed by atoms with Crippen LogP contribution in [0.1, 0.15) is 19.4 Å². The molecule has 0 radical (unpaired) electrons. The Labute approximate surface area is 167 Å². The molecule has 1 aliphatic carbocycles. The molecule has 4 aliphatic rings. The van der Waals surface area contributed by atoms with Gasteiger partial charge in [-0.3, -0.25) is 13.8 Å². The molecule has 0 aromatic heterocycles. The molecule has 7 atom stereocenters. The van der Waals surface area contributed by atoms with Gasteiger partial charge in [0.25, 0.3) is 16.6 Å². The number of carbonyl (C=O) groups is 2. The number of benzene rings is 1. The van der Waals surface area contributed by atoms with Gasteiger partial charge in [0.15, 0.2) is 12.2 Å². The number of rotatable bonds is 5. The third-order valence-corrected chi connectivity index (χ3v) is 6.22. The van der Waals surface area contributed by atoms with Gasteiger partial charge in [-0.15, -0.1) is 0 Å². The molecule has 4 bridgehead atoms. The van der Waals surface area contributed by atoms with Gasteiger partial charge < -0.3 is 23.7 Å². The molecule has 3 saturated heterocycles. The summed E-state index contributed by atoms with van der Waals surface area (Å²) in [5.41, 5.74) is 0.882. The van der Waals surface area contributed by atoms with Gasteiger partial charge in [-0.2, -0.15) is 8.42 Å². The zero-order valence-corrected chi connectivity index (χ0v) is 16.7. The first kappa shape index (κ1) is 20.2. The maximum absolute atomic E-state index is 12.8. The van der Waals surface area contributed by atoms with Gasteiger partial charge in [0.2, 0.25) is 0 Å². The lowest BCUT2D eigenvalue weighted by Crippen LogP contribution is -2.76. The second-order valence-corrected chi connectivity index (χ2v) is 8.64. The van der Waals surface area contributed by atoms with Crippen LogP contribution in [0.25, 0.3) is 0 Å². The Kier molecular flexibility index (Phi) is 5.11. The molecule has 3 aliphatic heterocycles. The van der Waals surface area contributed by atoms with Gasteiger partial charge in [-0.25, -0.2) is 0 Å². The second kappa shape index (κ2) is 7.33. The van der Waals surface area contributed by atoms with Crippen molar-refractivity contribution < 1.29 is 45.9 Å². The quantitative estimate of drug-likeness (QED) is 0.481. The molecule has 0 spiro atoms. The van der Waals surface area contributed by atoms with Gasteiger partial charge in [-0.05, 0) is 19.1 Å². The average molecular weight is 428 g/mol. The van der Waals surface area contributed by atoms with Crippen LogP contribution in [0, 0.1) is 6.92 Å². The van der Waals surface area contributed by atoms with E-state index in [1.807, 2.05) is 6.92 Å². The summed E-state index contributed by atoms with van der Waals surface area (Å²) in [6.07, 6.45) is -6.11. The van der Waals surface area contributed by atoms with E-state index in [1.165, 1.54) is 26.0 Å². The first-order valence-corrected chi connectivity index (χ1v) is 10.4. The summed E-state index contributed by atoms with van der Waals surface area (Å²) < 4.78 is 58.3. The fraction of sp³-hybridized carbons (Fsp3) is 0.556. The second-order valence-electron chi connectivity index (χ2n) is 7.07. The minimum absolute atomic E-state index is 0.0544. The Bertz CT molecular complexity index is 877. The molecule has 29 heavy (non-hydrogen) atoms. The van der Waals surface area contributed by atoms with Crippen LogP contribution in [-0.4, -0.2) is 63.5 Å². The predicted molar refractivity (Wildman–Crippen MR) is 92.8 cm³/mol. The van der Waals surface area contributed by atoms with Crippen molar-refractivity contribution in [1.29, 1.82) is 0 Å². The fourth-order valence-corrected chi connectivity index (χ4v) is 4.83. The molecule has 158 valence electrons. The molecule has 0 amide bonds. The van der Waals surface area contributed by atoms with Crippen LogP contribution in [0.4, 0.5) is 0 Å². The molecule has 3 heterocycles. The van der Waals surface area contributed by atoms with E-state index in [9.17, 15) is 18.0 Å². The fourth-order valence-electron chi connectivity index (χ4n) is 3.74. The minimum atomic E-state index is -4.21. The van der Waals surface area contributed by atoms with Crippen molar-refractivity contribution in [2.24, 2.45) is 0 Å². The molecule has 4 fully saturated rings. The van der Waals surface area contributed by atoms with Crippen LogP contribution in [0.3, 0.4) is 0 Å². The Morgan fingerprint density at radius 1 is 0.828 bits per heavy atom. The van der Waals surface area contributed by atoms with Crippen molar-refractivity contribution in [2.45, 2.75) is 68.8 Å². The largest absolute Gasteiger partial charge is 0.457 e. The smallest absolute Gasteiger partial charge is 0.303 e. The van der Waals surface area contributed by atoms with E-state index in [0.717, 1.165) is 5.56 Å². The van der Waals surface area contributed by atoms with Crippen LogP contribution in [0.15, 0.2) is 29.2 Å². The predicted octanol–water partition coefficient (Wildman–Crippen LogP) is 0.412.